The first-order valence-corrected chi connectivity index (χ1v) is 9.01. The van der Waals surface area contributed by atoms with Gasteiger partial charge in [0.1, 0.15) is 0 Å². The molecule has 0 spiro atoms. The van der Waals surface area contributed by atoms with Gasteiger partial charge in [-0.3, -0.25) is 0 Å². The van der Waals surface area contributed by atoms with Gasteiger partial charge in [-0.15, -0.1) is 0 Å². The lowest BCUT2D eigenvalue weighted by Gasteiger charge is -2.01. The molecule has 0 aromatic rings. The maximum atomic E-state index is 7.28. The van der Waals surface area contributed by atoms with Crippen molar-refractivity contribution in [1.29, 1.82) is 0 Å². The minimum Gasteiger partial charge on any atom is -0.314 e. The van der Waals surface area contributed by atoms with Gasteiger partial charge >= 0.3 is 0 Å². The lowest BCUT2D eigenvalue weighted by atomic mass is 10.1. The third-order valence-electron chi connectivity index (χ3n) is 3.80. The van der Waals surface area contributed by atoms with Crippen LogP contribution in [-0.4, -0.2) is 6.04 Å². The van der Waals surface area contributed by atoms with Gasteiger partial charge in [0.2, 0.25) is 6.04 Å². The van der Waals surface area contributed by atoms with E-state index in [1.54, 1.807) is 0 Å². The van der Waals surface area contributed by atoms with Gasteiger partial charge in [0, 0.05) is 12.8 Å². The molecule has 0 unspecified atom stereocenters. The highest BCUT2D eigenvalue weighted by Crippen LogP contribution is 2.11. The van der Waals surface area contributed by atoms with E-state index < -0.39 is 0 Å². The molecule has 0 radical (unpaired) electrons. The van der Waals surface area contributed by atoms with E-state index in [1.165, 1.54) is 51.4 Å². The first-order valence-electron chi connectivity index (χ1n) is 9.01. The zero-order chi connectivity index (χ0) is 15.6. The predicted octanol–water partition coefficient (Wildman–Crippen LogP) is 7.11. The molecule has 0 amide bonds. The summed E-state index contributed by atoms with van der Waals surface area (Å²) >= 11 is 0. The summed E-state index contributed by atoms with van der Waals surface area (Å²) < 4.78 is 0. The number of nitrogens with zero attached hydrogens (tertiary/aromatic N) is 1. The molecule has 120 valence electrons. The molecule has 0 aromatic heterocycles. The van der Waals surface area contributed by atoms with Crippen molar-refractivity contribution >= 4 is 0 Å². The highest BCUT2D eigenvalue weighted by molar-refractivity contribution is 4.89. The monoisotopic (exact) mass is 289 g/mol. The van der Waals surface area contributed by atoms with E-state index >= 15 is 0 Å². The Morgan fingerprint density at radius 1 is 0.714 bits per heavy atom. The Kier molecular flexibility index (Phi) is 16.2. The van der Waals surface area contributed by atoms with Gasteiger partial charge in [-0.05, 0) is 38.5 Å². The smallest absolute Gasteiger partial charge is 0.224 e. The number of rotatable bonds is 14. The van der Waals surface area contributed by atoms with Crippen molar-refractivity contribution in [3.63, 3.8) is 0 Å². The van der Waals surface area contributed by atoms with Crippen molar-refractivity contribution in [2.24, 2.45) is 0 Å². The summed E-state index contributed by atoms with van der Waals surface area (Å²) in [6.45, 7) is 11.8. The van der Waals surface area contributed by atoms with E-state index in [9.17, 15) is 0 Å². The number of hydrogen-bond donors (Lipinski definition) is 0. The van der Waals surface area contributed by atoms with Gasteiger partial charge in [-0.1, -0.05) is 63.8 Å². The lowest BCUT2D eigenvalue weighted by Crippen LogP contribution is -2.00. The SMILES string of the molecule is [C-]#[N+]C(CC/C=C\CCCCC)CC/C=C\CCCCC. The van der Waals surface area contributed by atoms with E-state index in [0.29, 0.717) is 0 Å². The predicted molar refractivity (Wildman–Crippen MR) is 95.4 cm³/mol. The fourth-order valence-corrected chi connectivity index (χ4v) is 2.35. The second kappa shape index (κ2) is 17.0. The van der Waals surface area contributed by atoms with Gasteiger partial charge in [-0.2, -0.15) is 0 Å². The Bertz CT molecular complexity index is 271. The van der Waals surface area contributed by atoms with Crippen molar-refractivity contribution in [2.45, 2.75) is 96.9 Å². The Morgan fingerprint density at radius 3 is 1.52 bits per heavy atom. The zero-order valence-corrected chi connectivity index (χ0v) is 14.3. The van der Waals surface area contributed by atoms with E-state index in [-0.39, 0.29) is 6.04 Å². The summed E-state index contributed by atoms with van der Waals surface area (Å²) in [6, 6.07) is 0.214. The molecule has 0 saturated carbocycles. The topological polar surface area (TPSA) is 4.36 Å². The minimum absolute atomic E-state index is 0.214. The van der Waals surface area contributed by atoms with Crippen LogP contribution in [0.2, 0.25) is 0 Å². The maximum absolute atomic E-state index is 7.28. The molecule has 0 rings (SSSR count). The second-order valence-electron chi connectivity index (χ2n) is 5.87. The number of unbranched alkanes of at least 4 members (excludes halogenated alkanes) is 6. The molecule has 0 atom stereocenters. The van der Waals surface area contributed by atoms with E-state index in [4.69, 9.17) is 6.57 Å². The van der Waals surface area contributed by atoms with Crippen LogP contribution in [0.3, 0.4) is 0 Å². The lowest BCUT2D eigenvalue weighted by molar-refractivity contribution is 0.646. The van der Waals surface area contributed by atoms with Crippen LogP contribution in [0.15, 0.2) is 24.3 Å². The summed E-state index contributed by atoms with van der Waals surface area (Å²) in [5.41, 5.74) is 0. The van der Waals surface area contributed by atoms with Crippen LogP contribution in [0.4, 0.5) is 0 Å². The summed E-state index contributed by atoms with van der Waals surface area (Å²) in [5.74, 6) is 0. The van der Waals surface area contributed by atoms with E-state index in [2.05, 4.69) is 43.0 Å². The summed E-state index contributed by atoms with van der Waals surface area (Å²) in [7, 11) is 0. The quantitative estimate of drug-likeness (QED) is 0.182. The minimum atomic E-state index is 0.214. The van der Waals surface area contributed by atoms with Gasteiger partial charge in [0.15, 0.2) is 0 Å². The molecule has 0 aliphatic heterocycles. The number of allylic oxidation sites excluding steroid dienone is 4. The highest BCUT2D eigenvalue weighted by atomic mass is 14.7. The van der Waals surface area contributed by atoms with Crippen LogP contribution < -0.4 is 0 Å². The molecule has 0 fully saturated rings. The Morgan fingerprint density at radius 2 is 1.14 bits per heavy atom. The first kappa shape index (κ1) is 20.0. The number of hydrogen-bond acceptors (Lipinski definition) is 0. The Labute approximate surface area is 133 Å². The molecule has 0 heterocycles. The fourth-order valence-electron chi connectivity index (χ4n) is 2.35. The maximum Gasteiger partial charge on any atom is 0.224 e. The summed E-state index contributed by atoms with van der Waals surface area (Å²) in [6.07, 6.45) is 23.6. The molecule has 0 aliphatic carbocycles. The molecular formula is C20H35N. The highest BCUT2D eigenvalue weighted by Gasteiger charge is 2.09. The molecule has 1 nitrogen and oxygen atoms in total. The molecule has 0 N–H and O–H groups in total. The van der Waals surface area contributed by atoms with Crippen molar-refractivity contribution in [3.8, 4) is 0 Å². The van der Waals surface area contributed by atoms with Crippen molar-refractivity contribution in [2.75, 3.05) is 0 Å². The third kappa shape index (κ3) is 15.2. The van der Waals surface area contributed by atoms with Crippen molar-refractivity contribution in [1.82, 2.24) is 0 Å². The first-order chi connectivity index (χ1) is 10.3. The van der Waals surface area contributed by atoms with Gasteiger partial charge in [-0.25, -0.2) is 6.57 Å². The standard InChI is InChI=1S/C20H35N/c1-4-6-8-10-12-14-16-18-20(21-3)19-17-15-13-11-9-7-5-2/h12-15,20H,4-11,16-19H2,1-2H3/b14-12-,15-13-. The third-order valence-corrected chi connectivity index (χ3v) is 3.80. The van der Waals surface area contributed by atoms with Crippen molar-refractivity contribution in [3.05, 3.63) is 35.7 Å². The Balaban J connectivity index is 3.56. The fraction of sp³-hybridized carbons (Fsp3) is 0.750. The van der Waals surface area contributed by atoms with Crippen LogP contribution in [0.25, 0.3) is 4.85 Å². The average Bonchev–Trinajstić information content (AvgIpc) is 2.51. The molecule has 0 aliphatic rings. The van der Waals surface area contributed by atoms with Crippen LogP contribution in [0, 0.1) is 6.57 Å². The van der Waals surface area contributed by atoms with Crippen molar-refractivity contribution < 1.29 is 0 Å². The molecule has 0 aromatic carbocycles. The van der Waals surface area contributed by atoms with Crippen LogP contribution in [0.1, 0.15) is 90.9 Å². The zero-order valence-electron chi connectivity index (χ0n) is 14.3. The van der Waals surface area contributed by atoms with E-state index in [1.807, 2.05) is 0 Å². The molecular weight excluding hydrogens is 254 g/mol. The van der Waals surface area contributed by atoms with Crippen LogP contribution in [-0.2, 0) is 0 Å². The normalized spacial score (nSPS) is 11.7. The Hall–Kier alpha value is -1.03. The second-order valence-corrected chi connectivity index (χ2v) is 5.87. The van der Waals surface area contributed by atoms with Crippen LogP contribution in [0.5, 0.6) is 0 Å². The summed E-state index contributed by atoms with van der Waals surface area (Å²) in [4.78, 5) is 3.76. The van der Waals surface area contributed by atoms with E-state index in [0.717, 1.165) is 25.7 Å². The van der Waals surface area contributed by atoms with Crippen LogP contribution >= 0.6 is 0 Å². The van der Waals surface area contributed by atoms with Gasteiger partial charge in [0.25, 0.3) is 0 Å². The molecule has 0 bridgehead atoms. The van der Waals surface area contributed by atoms with Gasteiger partial charge in [0.05, 0.1) is 0 Å². The van der Waals surface area contributed by atoms with Gasteiger partial charge < -0.3 is 4.85 Å². The molecule has 21 heavy (non-hydrogen) atoms. The average molecular weight is 290 g/mol. The summed E-state index contributed by atoms with van der Waals surface area (Å²) in [5, 5.41) is 0. The molecule has 0 saturated heterocycles. The largest absolute Gasteiger partial charge is 0.314 e. The molecule has 1 heteroatoms.